The zero-order chi connectivity index (χ0) is 22.7. The van der Waals surface area contributed by atoms with E-state index in [-0.39, 0.29) is 23.4 Å². The quantitative estimate of drug-likeness (QED) is 0.457. The average molecular weight is 441 g/mol. The third-order valence-corrected chi connectivity index (χ3v) is 3.16. The highest BCUT2D eigenvalue weighted by molar-refractivity contribution is 6.28. The number of halogens is 1. The van der Waals surface area contributed by atoms with Gasteiger partial charge in [-0.3, -0.25) is 0 Å². The molecule has 0 saturated heterocycles. The summed E-state index contributed by atoms with van der Waals surface area (Å²) in [6, 6.07) is 1.10. The third-order valence-electron chi connectivity index (χ3n) is 2.99. The summed E-state index contributed by atoms with van der Waals surface area (Å²) in [5.74, 6) is 2.03. The molecule has 0 spiro atoms. The fourth-order valence-electron chi connectivity index (χ4n) is 2.00. The van der Waals surface area contributed by atoms with Crippen molar-refractivity contribution >= 4 is 35.4 Å². The maximum Gasteiger partial charge on any atom is 0.322 e. The largest absolute Gasteiger partial charge is 0.467 e. The van der Waals surface area contributed by atoms with E-state index in [9.17, 15) is 0 Å². The predicted molar refractivity (Wildman–Crippen MR) is 122 cm³/mol. The number of hydrogen-bond donors (Lipinski definition) is 4. The Morgan fingerprint density at radius 3 is 1.50 bits per heavy atom. The van der Waals surface area contributed by atoms with Crippen molar-refractivity contribution in [2.24, 2.45) is 0 Å². The maximum atomic E-state index is 5.77. The van der Waals surface area contributed by atoms with Gasteiger partial charge in [0, 0.05) is 24.7 Å². The van der Waals surface area contributed by atoms with Crippen LogP contribution in [0.5, 0.6) is 6.01 Å². The molecule has 30 heavy (non-hydrogen) atoms. The number of rotatable bonds is 9. The van der Waals surface area contributed by atoms with Gasteiger partial charge in [-0.1, -0.05) is 0 Å². The Kier molecular flexibility index (Phi) is 10.8. The highest BCUT2D eigenvalue weighted by atomic mass is 35.5. The van der Waals surface area contributed by atoms with Crippen LogP contribution in [0.3, 0.4) is 0 Å². The molecule has 2 rings (SSSR count). The Balaban J connectivity index is 0.000000300. The first-order chi connectivity index (χ1) is 14.1. The Morgan fingerprint density at radius 2 is 1.10 bits per heavy atom. The zero-order valence-corrected chi connectivity index (χ0v) is 19.7. The fraction of sp³-hybridized carbons (Fsp3) is 0.667. The molecule has 0 atom stereocenters. The van der Waals surface area contributed by atoms with E-state index < -0.39 is 0 Å². The molecular formula is C18H33ClN10O. The van der Waals surface area contributed by atoms with Crippen LogP contribution in [0.25, 0.3) is 0 Å². The second kappa shape index (κ2) is 12.8. The van der Waals surface area contributed by atoms with E-state index in [0.29, 0.717) is 29.8 Å². The Hall–Kier alpha value is -2.69. The van der Waals surface area contributed by atoms with Crippen LogP contribution >= 0.6 is 11.6 Å². The van der Waals surface area contributed by atoms with E-state index in [1.165, 1.54) is 7.11 Å². The molecule has 12 heteroatoms. The van der Waals surface area contributed by atoms with Crippen molar-refractivity contribution in [1.82, 2.24) is 29.9 Å². The molecule has 0 bridgehead atoms. The predicted octanol–water partition coefficient (Wildman–Crippen LogP) is 3.30. The van der Waals surface area contributed by atoms with Gasteiger partial charge in [-0.05, 0) is 60.1 Å². The van der Waals surface area contributed by atoms with Crippen LogP contribution in [0.2, 0.25) is 5.28 Å². The molecule has 0 saturated carbocycles. The van der Waals surface area contributed by atoms with Crippen LogP contribution in [-0.4, -0.2) is 61.7 Å². The lowest BCUT2D eigenvalue weighted by molar-refractivity contribution is 0.379. The lowest BCUT2D eigenvalue weighted by atomic mass is 10.4. The minimum Gasteiger partial charge on any atom is -0.467 e. The Labute approximate surface area is 183 Å². The van der Waals surface area contributed by atoms with Gasteiger partial charge in [-0.2, -0.15) is 29.9 Å². The first kappa shape index (κ1) is 25.3. The number of hydrogen-bond acceptors (Lipinski definition) is 11. The number of nitrogens with zero attached hydrogens (tertiary/aromatic N) is 6. The Morgan fingerprint density at radius 1 is 0.700 bits per heavy atom. The van der Waals surface area contributed by atoms with Gasteiger partial charge in [0.1, 0.15) is 0 Å². The smallest absolute Gasteiger partial charge is 0.322 e. The van der Waals surface area contributed by atoms with E-state index in [4.69, 9.17) is 16.3 Å². The molecule has 2 heterocycles. The van der Waals surface area contributed by atoms with E-state index in [1.54, 1.807) is 0 Å². The molecular weight excluding hydrogens is 408 g/mol. The van der Waals surface area contributed by atoms with Crippen LogP contribution in [0.1, 0.15) is 48.5 Å². The second-order valence-electron chi connectivity index (χ2n) is 7.15. The van der Waals surface area contributed by atoms with Crippen molar-refractivity contribution in [1.29, 1.82) is 0 Å². The van der Waals surface area contributed by atoms with Gasteiger partial charge in [-0.25, -0.2) is 0 Å². The summed E-state index contributed by atoms with van der Waals surface area (Å²) in [7, 11) is 1.53. The van der Waals surface area contributed by atoms with Crippen molar-refractivity contribution in [3.8, 4) is 6.01 Å². The summed E-state index contributed by atoms with van der Waals surface area (Å²) >= 11 is 5.77. The number of methoxy groups -OCH3 is 1. The summed E-state index contributed by atoms with van der Waals surface area (Å²) in [6.45, 7) is 14.8. The minimum atomic E-state index is 0.191. The number of nitrogens with one attached hydrogen (secondary N) is 4. The maximum absolute atomic E-state index is 5.77. The molecule has 168 valence electrons. The van der Waals surface area contributed by atoms with Crippen LogP contribution in [0.4, 0.5) is 23.8 Å². The number of ether oxygens (including phenoxy) is 1. The Bertz CT molecular complexity index is 744. The molecule has 0 unspecified atom stereocenters. The zero-order valence-electron chi connectivity index (χ0n) is 18.9. The molecule has 0 aromatic carbocycles. The summed E-state index contributed by atoms with van der Waals surface area (Å²) in [5, 5.41) is 12.4. The van der Waals surface area contributed by atoms with E-state index >= 15 is 0 Å². The van der Waals surface area contributed by atoms with Crippen LogP contribution in [0.15, 0.2) is 0 Å². The van der Waals surface area contributed by atoms with Gasteiger partial charge in [0.2, 0.25) is 29.1 Å². The van der Waals surface area contributed by atoms with Crippen molar-refractivity contribution in [3.63, 3.8) is 0 Å². The molecule has 0 radical (unpaired) electrons. The topological polar surface area (TPSA) is 135 Å². The number of aromatic nitrogens is 6. The van der Waals surface area contributed by atoms with Gasteiger partial charge < -0.3 is 26.0 Å². The minimum absolute atomic E-state index is 0.191. The second-order valence-corrected chi connectivity index (χ2v) is 7.49. The summed E-state index contributed by atoms with van der Waals surface area (Å²) in [6.07, 6.45) is 0. The molecule has 0 aliphatic heterocycles. The molecule has 11 nitrogen and oxygen atoms in total. The fourth-order valence-corrected chi connectivity index (χ4v) is 2.16. The van der Waals surface area contributed by atoms with E-state index in [0.717, 1.165) is 6.54 Å². The van der Waals surface area contributed by atoms with Gasteiger partial charge in [0.05, 0.1) is 7.11 Å². The normalized spacial score (nSPS) is 10.5. The van der Waals surface area contributed by atoms with Crippen LogP contribution in [0, 0.1) is 0 Å². The molecule has 0 amide bonds. The van der Waals surface area contributed by atoms with Gasteiger partial charge >= 0.3 is 6.01 Å². The van der Waals surface area contributed by atoms with Crippen molar-refractivity contribution in [3.05, 3.63) is 5.28 Å². The SMILES string of the molecule is CC(C)Nc1nc(Cl)nc(NC(C)C)n1.CCNc1nc(NC(C)C)nc(OC)n1. The van der Waals surface area contributed by atoms with Crippen molar-refractivity contribution < 1.29 is 4.74 Å². The summed E-state index contributed by atoms with van der Waals surface area (Å²) in [5.41, 5.74) is 0. The van der Waals surface area contributed by atoms with Gasteiger partial charge in [-0.15, -0.1) is 0 Å². The molecule has 4 N–H and O–H groups in total. The lowest BCUT2D eigenvalue weighted by Gasteiger charge is -2.11. The molecule has 2 aromatic heterocycles. The third kappa shape index (κ3) is 10.2. The standard InChI is InChI=1S/C9H16ClN5.C9H17N5O/c1-5(2)11-8-13-7(10)14-9(15-8)12-6(3)4;1-5-10-7-12-8(11-6(2)3)14-9(13-7)15-4/h5-6H,1-4H3,(H2,11,12,13,14,15);6H,5H2,1-4H3,(H2,10,11,12,13,14). The summed E-state index contributed by atoms with van der Waals surface area (Å²) < 4.78 is 4.98. The number of anilines is 4. The van der Waals surface area contributed by atoms with Crippen molar-refractivity contribution in [2.45, 2.75) is 66.6 Å². The van der Waals surface area contributed by atoms with E-state index in [2.05, 4.69) is 51.2 Å². The molecule has 0 fully saturated rings. The molecule has 0 aliphatic rings. The highest BCUT2D eigenvalue weighted by Gasteiger charge is 2.07. The lowest BCUT2D eigenvalue weighted by Crippen LogP contribution is -2.17. The van der Waals surface area contributed by atoms with Crippen molar-refractivity contribution in [2.75, 3.05) is 34.9 Å². The monoisotopic (exact) mass is 440 g/mol. The highest BCUT2D eigenvalue weighted by Crippen LogP contribution is 2.12. The van der Waals surface area contributed by atoms with Gasteiger partial charge in [0.25, 0.3) is 0 Å². The first-order valence-electron chi connectivity index (χ1n) is 9.88. The van der Waals surface area contributed by atoms with Crippen LogP contribution < -0.4 is 26.0 Å². The van der Waals surface area contributed by atoms with Crippen LogP contribution in [-0.2, 0) is 0 Å². The van der Waals surface area contributed by atoms with E-state index in [1.807, 2.05) is 48.5 Å². The molecule has 2 aromatic rings. The first-order valence-corrected chi connectivity index (χ1v) is 10.3. The molecule has 0 aliphatic carbocycles. The summed E-state index contributed by atoms with van der Waals surface area (Å²) in [4.78, 5) is 24.5. The van der Waals surface area contributed by atoms with Gasteiger partial charge in [0.15, 0.2) is 0 Å². The average Bonchev–Trinajstić information content (AvgIpc) is 2.60.